The Morgan fingerprint density at radius 3 is 2.56 bits per heavy atom. The Kier molecular flexibility index (Phi) is 8.12. The van der Waals surface area contributed by atoms with Gasteiger partial charge in [0, 0.05) is 0 Å². The van der Waals surface area contributed by atoms with E-state index in [2.05, 4.69) is 9.70 Å². The number of aliphatic hydroxyl groups is 1. The van der Waals surface area contributed by atoms with E-state index in [0.717, 1.165) is 4.57 Å². The lowest BCUT2D eigenvalue weighted by atomic mass is 10.0. The van der Waals surface area contributed by atoms with Crippen molar-refractivity contribution in [3.63, 3.8) is 0 Å². The largest absolute Gasteiger partial charge is 0.469 e. The van der Waals surface area contributed by atoms with Crippen LogP contribution in [-0.2, 0) is 13.8 Å². The number of rotatable bonds is 9. The molecule has 1 unspecified atom stereocenters. The highest BCUT2D eigenvalue weighted by molar-refractivity contribution is 14.1. The summed E-state index contributed by atoms with van der Waals surface area (Å²) < 4.78 is 21.4. The maximum absolute atomic E-state index is 11.9. The van der Waals surface area contributed by atoms with Gasteiger partial charge in [0.2, 0.25) is 5.56 Å². The molecule has 138 valence electrons. The van der Waals surface area contributed by atoms with Gasteiger partial charge < -0.3 is 19.6 Å². The molecule has 0 saturated carbocycles. The Labute approximate surface area is 155 Å². The van der Waals surface area contributed by atoms with Gasteiger partial charge in [-0.25, -0.2) is 9.36 Å². The lowest BCUT2D eigenvalue weighted by Crippen LogP contribution is -2.46. The van der Waals surface area contributed by atoms with Crippen LogP contribution in [0.5, 0.6) is 0 Å². The van der Waals surface area contributed by atoms with Gasteiger partial charge in [0.25, 0.3) is 0 Å². The van der Waals surface area contributed by atoms with Crippen molar-refractivity contribution < 1.29 is 28.7 Å². The summed E-state index contributed by atoms with van der Waals surface area (Å²) in [6, 6.07) is 0. The van der Waals surface area contributed by atoms with Crippen molar-refractivity contribution >= 4 is 43.7 Å². The standard InChI is InChI=1S/C10H14BIN3O9P/c1-4(15-8(12)7(11)9(17)14-10(15)18)24-6(5(16)2-13-19)3-23-25(20,21)22/h4-6,16H,2-3H2,1H3,(H,14,17,18)(H2,20,21,22)/t4?,5-,6-/m1/s1. The zero-order chi connectivity index (χ0) is 19.4. The molecule has 0 aromatic carbocycles. The molecule has 0 aliphatic heterocycles. The first-order valence-electron chi connectivity index (χ1n) is 6.60. The summed E-state index contributed by atoms with van der Waals surface area (Å²) in [6.07, 6.45) is -4.10. The Morgan fingerprint density at radius 1 is 1.44 bits per heavy atom. The van der Waals surface area contributed by atoms with Gasteiger partial charge in [-0.05, 0) is 35.0 Å². The molecule has 0 saturated heterocycles. The first kappa shape index (κ1) is 22.1. The quantitative estimate of drug-likeness (QED) is 0.101. The molecule has 0 aliphatic carbocycles. The fourth-order valence-corrected chi connectivity index (χ4v) is 2.98. The number of halogens is 1. The number of nitrogens with zero attached hydrogens (tertiary/aromatic N) is 2. The molecule has 2 radical (unpaired) electrons. The predicted octanol–water partition coefficient (Wildman–Crippen LogP) is -1.92. The van der Waals surface area contributed by atoms with Crippen LogP contribution in [0.25, 0.3) is 0 Å². The highest BCUT2D eigenvalue weighted by atomic mass is 127. The molecule has 1 heterocycles. The lowest BCUT2D eigenvalue weighted by molar-refractivity contribution is -0.114. The van der Waals surface area contributed by atoms with E-state index in [1.807, 2.05) is 4.98 Å². The van der Waals surface area contributed by atoms with Crippen molar-refractivity contribution in [1.82, 2.24) is 9.55 Å². The number of nitrogens with one attached hydrogen (secondary N) is 1. The summed E-state index contributed by atoms with van der Waals surface area (Å²) in [5, 5.41) is 12.3. The van der Waals surface area contributed by atoms with Crippen LogP contribution < -0.4 is 16.7 Å². The molecular weight excluding hydrogens is 475 g/mol. The molecule has 4 N–H and O–H groups in total. The zero-order valence-corrected chi connectivity index (χ0v) is 15.8. The molecule has 0 aliphatic rings. The number of H-pyrrole nitrogens is 1. The predicted molar refractivity (Wildman–Crippen MR) is 93.7 cm³/mol. The molecule has 1 aromatic heterocycles. The van der Waals surface area contributed by atoms with E-state index in [0.29, 0.717) is 0 Å². The Morgan fingerprint density at radius 2 is 2.04 bits per heavy atom. The van der Waals surface area contributed by atoms with Crippen molar-refractivity contribution in [2.45, 2.75) is 25.4 Å². The van der Waals surface area contributed by atoms with E-state index in [1.54, 1.807) is 22.6 Å². The molecular formula is C10H14BIN3O9P. The zero-order valence-electron chi connectivity index (χ0n) is 12.7. The van der Waals surface area contributed by atoms with Gasteiger partial charge in [-0.15, -0.1) is 0 Å². The van der Waals surface area contributed by atoms with Crippen LogP contribution in [0, 0.1) is 8.61 Å². The third-order valence-electron chi connectivity index (χ3n) is 2.95. The van der Waals surface area contributed by atoms with Gasteiger partial charge in [-0.2, -0.15) is 4.91 Å². The van der Waals surface area contributed by atoms with Gasteiger partial charge in [-0.1, -0.05) is 5.18 Å². The number of phosphoric acid groups is 1. The second-order valence-corrected chi connectivity index (χ2v) is 7.03. The molecule has 0 amide bonds. The smallest absolute Gasteiger partial charge is 0.388 e. The monoisotopic (exact) mass is 489 g/mol. The van der Waals surface area contributed by atoms with Gasteiger partial charge in [0.15, 0.2) is 0 Å². The lowest BCUT2D eigenvalue weighted by Gasteiger charge is -2.27. The summed E-state index contributed by atoms with van der Waals surface area (Å²) in [7, 11) is 0.679. The number of phosphoric ester groups is 1. The second kappa shape index (κ2) is 9.16. The third kappa shape index (κ3) is 6.40. The molecule has 1 rings (SSSR count). The number of ether oxygens (including phenoxy) is 1. The maximum atomic E-state index is 11.9. The van der Waals surface area contributed by atoms with E-state index < -0.39 is 50.7 Å². The fraction of sp³-hybridized carbons (Fsp3) is 0.600. The summed E-state index contributed by atoms with van der Waals surface area (Å²) >= 11 is 1.64. The third-order valence-corrected chi connectivity index (χ3v) is 4.54. The Hall–Kier alpha value is -0.895. The van der Waals surface area contributed by atoms with E-state index in [9.17, 15) is 24.2 Å². The summed E-state index contributed by atoms with van der Waals surface area (Å²) in [5.74, 6) is 0. The van der Waals surface area contributed by atoms with Crippen LogP contribution in [0.15, 0.2) is 14.8 Å². The van der Waals surface area contributed by atoms with E-state index in [4.69, 9.17) is 22.4 Å². The number of nitroso groups, excluding NO2 is 1. The minimum atomic E-state index is -4.86. The molecule has 25 heavy (non-hydrogen) atoms. The number of aliphatic hydroxyl groups excluding tert-OH is 1. The van der Waals surface area contributed by atoms with Crippen molar-refractivity contribution in [1.29, 1.82) is 0 Å². The van der Waals surface area contributed by atoms with E-state index >= 15 is 0 Å². The van der Waals surface area contributed by atoms with Crippen LogP contribution in [0.1, 0.15) is 13.2 Å². The van der Waals surface area contributed by atoms with Gasteiger partial charge in [0.05, 0.1) is 10.3 Å². The van der Waals surface area contributed by atoms with Gasteiger partial charge >= 0.3 is 13.5 Å². The average Bonchev–Trinajstić information content (AvgIpc) is 2.48. The van der Waals surface area contributed by atoms with Crippen molar-refractivity contribution in [2.24, 2.45) is 5.18 Å². The molecule has 15 heteroatoms. The first-order chi connectivity index (χ1) is 11.5. The van der Waals surface area contributed by atoms with Crippen LogP contribution in [0.4, 0.5) is 0 Å². The van der Waals surface area contributed by atoms with E-state index in [-0.39, 0.29) is 9.16 Å². The number of aromatic nitrogens is 2. The van der Waals surface area contributed by atoms with Crippen LogP contribution in [-0.4, -0.2) is 57.7 Å². The fourth-order valence-electron chi connectivity index (χ4n) is 1.78. The van der Waals surface area contributed by atoms with Crippen LogP contribution >= 0.6 is 30.4 Å². The molecule has 12 nitrogen and oxygen atoms in total. The van der Waals surface area contributed by atoms with Gasteiger partial charge in [0.1, 0.15) is 32.8 Å². The van der Waals surface area contributed by atoms with Crippen molar-refractivity contribution in [3.05, 3.63) is 29.4 Å². The van der Waals surface area contributed by atoms with Gasteiger partial charge in [-0.3, -0.25) is 18.9 Å². The first-order valence-corrected chi connectivity index (χ1v) is 9.21. The van der Waals surface area contributed by atoms with Crippen molar-refractivity contribution in [3.8, 4) is 0 Å². The normalized spacial score (nSPS) is 15.6. The minimum Gasteiger partial charge on any atom is -0.388 e. The van der Waals surface area contributed by atoms with Crippen LogP contribution in [0.3, 0.4) is 0 Å². The highest BCUT2D eigenvalue weighted by Gasteiger charge is 2.28. The average molecular weight is 489 g/mol. The number of hydrogen-bond donors (Lipinski definition) is 4. The Bertz CT molecular complexity index is 778. The summed E-state index contributed by atoms with van der Waals surface area (Å²) in [4.78, 5) is 53.1. The Balaban J connectivity index is 3.09. The van der Waals surface area contributed by atoms with E-state index in [1.165, 1.54) is 6.92 Å². The summed E-state index contributed by atoms with van der Waals surface area (Å²) in [6.45, 7) is -0.0655. The molecule has 3 atom stereocenters. The van der Waals surface area contributed by atoms with Crippen LogP contribution in [0.2, 0.25) is 0 Å². The summed E-state index contributed by atoms with van der Waals surface area (Å²) in [5.41, 5.74) is -1.88. The SMILES string of the molecule is [B]c1c(I)n(C(C)O[C@H](COP(=O)(O)O)[C@H](O)CN=O)c(=O)[nH]c1=O. The number of hydrogen-bond acceptors (Lipinski definition) is 8. The molecule has 0 fully saturated rings. The highest BCUT2D eigenvalue weighted by Crippen LogP contribution is 2.36. The topological polar surface area (TPSA) is 181 Å². The molecule has 0 bridgehead atoms. The number of aromatic amines is 1. The molecule has 0 spiro atoms. The maximum Gasteiger partial charge on any atom is 0.469 e. The molecule has 1 aromatic rings. The van der Waals surface area contributed by atoms with Crippen molar-refractivity contribution in [2.75, 3.05) is 13.2 Å². The second-order valence-electron chi connectivity index (χ2n) is 4.77. The minimum absolute atomic E-state index is 0.0523.